The SMILES string of the molecule is NNc1ccc(S(=O)(=O)O)c2c1CCCC2. The van der Waals surface area contributed by atoms with Crippen LogP contribution in [-0.2, 0) is 23.0 Å². The van der Waals surface area contributed by atoms with Crippen molar-refractivity contribution in [2.45, 2.75) is 30.6 Å². The first-order valence-electron chi connectivity index (χ1n) is 5.13. The first kappa shape index (κ1) is 11.4. The van der Waals surface area contributed by atoms with Gasteiger partial charge in [-0.25, -0.2) is 0 Å². The second kappa shape index (κ2) is 4.04. The number of fused-ring (bicyclic) bond motifs is 1. The molecule has 0 heterocycles. The molecule has 4 N–H and O–H groups in total. The third-order valence-corrected chi connectivity index (χ3v) is 3.86. The fourth-order valence-electron chi connectivity index (χ4n) is 2.21. The molecule has 1 aromatic carbocycles. The van der Waals surface area contributed by atoms with Crippen LogP contribution >= 0.6 is 0 Å². The van der Waals surface area contributed by atoms with E-state index in [0.29, 0.717) is 12.0 Å². The highest BCUT2D eigenvalue weighted by Gasteiger charge is 2.22. The first-order valence-corrected chi connectivity index (χ1v) is 6.57. The molecule has 2 rings (SSSR count). The van der Waals surface area contributed by atoms with Gasteiger partial charge in [0.25, 0.3) is 10.1 Å². The average Bonchev–Trinajstić information content (AvgIpc) is 2.26. The molecule has 1 aliphatic carbocycles. The average molecular weight is 242 g/mol. The molecule has 0 bridgehead atoms. The van der Waals surface area contributed by atoms with Crippen LogP contribution in [0.5, 0.6) is 0 Å². The van der Waals surface area contributed by atoms with Crippen LogP contribution in [0.4, 0.5) is 5.69 Å². The Bertz CT molecular complexity index is 511. The van der Waals surface area contributed by atoms with Gasteiger partial charge in [-0.05, 0) is 48.9 Å². The first-order chi connectivity index (χ1) is 7.54. The van der Waals surface area contributed by atoms with Crippen molar-refractivity contribution in [3.63, 3.8) is 0 Å². The summed E-state index contributed by atoms with van der Waals surface area (Å²) < 4.78 is 31.5. The Hall–Kier alpha value is -1.11. The standard InChI is InChI=1S/C10H14N2O3S/c11-12-9-5-6-10(16(13,14)15)8-4-2-1-3-7(8)9/h5-6,12H,1-4,11H2,(H,13,14,15). The molecule has 0 aliphatic heterocycles. The Kier molecular flexibility index (Phi) is 2.88. The number of nitrogens with one attached hydrogen (secondary N) is 1. The Morgan fingerprint density at radius 3 is 2.38 bits per heavy atom. The van der Waals surface area contributed by atoms with Crippen molar-refractivity contribution in [1.29, 1.82) is 0 Å². The number of rotatable bonds is 2. The summed E-state index contributed by atoms with van der Waals surface area (Å²) in [6.45, 7) is 0. The second-order valence-electron chi connectivity index (χ2n) is 3.89. The van der Waals surface area contributed by atoms with Gasteiger partial charge in [0.2, 0.25) is 0 Å². The van der Waals surface area contributed by atoms with Crippen LogP contribution in [0.15, 0.2) is 17.0 Å². The lowest BCUT2D eigenvalue weighted by molar-refractivity contribution is 0.481. The van der Waals surface area contributed by atoms with E-state index in [4.69, 9.17) is 10.4 Å². The largest absolute Gasteiger partial charge is 0.324 e. The molecule has 1 aromatic rings. The van der Waals surface area contributed by atoms with Gasteiger partial charge in [0.1, 0.15) is 0 Å². The molecule has 0 atom stereocenters. The maximum Gasteiger partial charge on any atom is 0.294 e. The molecular formula is C10H14N2O3S. The van der Waals surface area contributed by atoms with Gasteiger partial charge in [-0.1, -0.05) is 0 Å². The van der Waals surface area contributed by atoms with E-state index in [1.54, 1.807) is 6.07 Å². The summed E-state index contributed by atoms with van der Waals surface area (Å²) in [4.78, 5) is 0.0150. The fraction of sp³-hybridized carbons (Fsp3) is 0.400. The monoisotopic (exact) mass is 242 g/mol. The number of nitrogens with two attached hydrogens (primary N) is 1. The zero-order valence-electron chi connectivity index (χ0n) is 8.73. The van der Waals surface area contributed by atoms with E-state index in [1.165, 1.54) is 6.07 Å². The van der Waals surface area contributed by atoms with Crippen LogP contribution in [0, 0.1) is 0 Å². The highest BCUT2D eigenvalue weighted by atomic mass is 32.2. The molecular weight excluding hydrogens is 228 g/mol. The van der Waals surface area contributed by atoms with Gasteiger partial charge >= 0.3 is 0 Å². The molecule has 0 fully saturated rings. The minimum atomic E-state index is -4.14. The summed E-state index contributed by atoms with van der Waals surface area (Å²) >= 11 is 0. The summed E-state index contributed by atoms with van der Waals surface area (Å²) in [7, 11) is -4.14. The molecule has 88 valence electrons. The quantitative estimate of drug-likeness (QED) is 0.410. The van der Waals surface area contributed by atoms with E-state index < -0.39 is 10.1 Å². The maximum atomic E-state index is 11.2. The lowest BCUT2D eigenvalue weighted by atomic mass is 9.90. The van der Waals surface area contributed by atoms with Crippen LogP contribution in [0.2, 0.25) is 0 Å². The van der Waals surface area contributed by atoms with Crippen molar-refractivity contribution in [2.24, 2.45) is 5.84 Å². The van der Waals surface area contributed by atoms with Crippen molar-refractivity contribution in [1.82, 2.24) is 0 Å². The molecule has 16 heavy (non-hydrogen) atoms. The number of hydrogen-bond donors (Lipinski definition) is 3. The van der Waals surface area contributed by atoms with Gasteiger partial charge in [0, 0.05) is 0 Å². The summed E-state index contributed by atoms with van der Waals surface area (Å²) in [5.41, 5.74) is 4.90. The molecule has 1 aliphatic rings. The minimum absolute atomic E-state index is 0.0150. The molecule has 0 amide bonds. The van der Waals surface area contributed by atoms with Gasteiger partial charge in [0.15, 0.2) is 0 Å². The third-order valence-electron chi connectivity index (χ3n) is 2.93. The number of anilines is 1. The summed E-state index contributed by atoms with van der Waals surface area (Å²) in [5.74, 6) is 5.37. The molecule has 0 aromatic heterocycles. The van der Waals surface area contributed by atoms with Crippen LogP contribution in [-0.4, -0.2) is 13.0 Å². The molecule has 5 nitrogen and oxygen atoms in total. The lowest BCUT2D eigenvalue weighted by Gasteiger charge is -2.21. The van der Waals surface area contributed by atoms with Crippen LogP contribution in [0.25, 0.3) is 0 Å². The fourth-order valence-corrected chi connectivity index (χ4v) is 2.99. The highest BCUT2D eigenvalue weighted by Crippen LogP contribution is 2.32. The van der Waals surface area contributed by atoms with Gasteiger partial charge < -0.3 is 5.43 Å². The molecule has 0 unspecified atom stereocenters. The van der Waals surface area contributed by atoms with Crippen molar-refractivity contribution < 1.29 is 13.0 Å². The van der Waals surface area contributed by atoms with Crippen LogP contribution in [0.3, 0.4) is 0 Å². The Balaban J connectivity index is 2.66. The number of hydrogen-bond acceptors (Lipinski definition) is 4. The van der Waals surface area contributed by atoms with E-state index in [0.717, 1.165) is 30.5 Å². The predicted octanol–water partition coefficient (Wildman–Crippen LogP) is 1.10. The Morgan fingerprint density at radius 2 is 1.81 bits per heavy atom. The van der Waals surface area contributed by atoms with E-state index >= 15 is 0 Å². The van der Waals surface area contributed by atoms with E-state index in [2.05, 4.69) is 5.43 Å². The van der Waals surface area contributed by atoms with Crippen molar-refractivity contribution >= 4 is 15.8 Å². The zero-order chi connectivity index (χ0) is 11.8. The van der Waals surface area contributed by atoms with E-state index in [1.807, 2.05) is 0 Å². The zero-order valence-corrected chi connectivity index (χ0v) is 9.55. The Morgan fingerprint density at radius 1 is 1.19 bits per heavy atom. The highest BCUT2D eigenvalue weighted by molar-refractivity contribution is 7.85. The van der Waals surface area contributed by atoms with Crippen molar-refractivity contribution in [3.05, 3.63) is 23.3 Å². The summed E-state index contributed by atoms with van der Waals surface area (Å²) in [6, 6.07) is 2.99. The van der Waals surface area contributed by atoms with Crippen molar-refractivity contribution in [2.75, 3.05) is 5.43 Å². The van der Waals surface area contributed by atoms with Gasteiger partial charge in [0.05, 0.1) is 10.6 Å². The smallest absolute Gasteiger partial charge is 0.294 e. The van der Waals surface area contributed by atoms with E-state index in [-0.39, 0.29) is 4.90 Å². The second-order valence-corrected chi connectivity index (χ2v) is 5.28. The molecule has 0 saturated heterocycles. The number of nitrogen functional groups attached to an aromatic ring is 1. The summed E-state index contributed by atoms with van der Waals surface area (Å²) in [6.07, 6.45) is 3.40. The topological polar surface area (TPSA) is 92.4 Å². The third kappa shape index (κ3) is 1.91. The maximum absolute atomic E-state index is 11.2. The van der Waals surface area contributed by atoms with Gasteiger partial charge in [-0.15, -0.1) is 0 Å². The normalized spacial score (nSPS) is 15.6. The number of benzene rings is 1. The number of hydrazine groups is 1. The van der Waals surface area contributed by atoms with E-state index in [9.17, 15) is 8.42 Å². The molecule has 0 saturated carbocycles. The lowest BCUT2D eigenvalue weighted by Crippen LogP contribution is -2.16. The predicted molar refractivity (Wildman–Crippen MR) is 60.7 cm³/mol. The van der Waals surface area contributed by atoms with Crippen LogP contribution < -0.4 is 11.3 Å². The van der Waals surface area contributed by atoms with Crippen molar-refractivity contribution in [3.8, 4) is 0 Å². The molecule has 6 heteroatoms. The Labute approximate surface area is 94.4 Å². The van der Waals surface area contributed by atoms with Crippen LogP contribution in [0.1, 0.15) is 24.0 Å². The van der Waals surface area contributed by atoms with Gasteiger partial charge in [-0.3, -0.25) is 10.4 Å². The summed E-state index contributed by atoms with van der Waals surface area (Å²) in [5, 5.41) is 0. The van der Waals surface area contributed by atoms with Gasteiger partial charge in [-0.2, -0.15) is 8.42 Å². The minimum Gasteiger partial charge on any atom is -0.324 e. The molecule has 0 spiro atoms. The molecule has 0 radical (unpaired) electrons.